The van der Waals surface area contributed by atoms with Gasteiger partial charge in [-0.15, -0.1) is 0 Å². The molecule has 0 unspecified atom stereocenters. The number of amides is 1. The molecule has 36 heavy (non-hydrogen) atoms. The predicted molar refractivity (Wildman–Crippen MR) is 133 cm³/mol. The SMILES string of the molecule is Nc1c(C2CC2)c([C@H]2C[C@H]3CC[C@@H](C2)N3C(=O)CO)nc2c(-c3ccc(C4(O)CCC4)nc3)cnn12. The van der Waals surface area contributed by atoms with Crippen molar-refractivity contribution in [2.45, 2.75) is 87.3 Å². The van der Waals surface area contributed by atoms with Crippen molar-refractivity contribution in [1.29, 1.82) is 0 Å². The number of rotatable bonds is 5. The van der Waals surface area contributed by atoms with Crippen molar-refractivity contribution in [3.8, 4) is 11.1 Å². The minimum Gasteiger partial charge on any atom is -0.387 e. The summed E-state index contributed by atoms with van der Waals surface area (Å²) in [6, 6.07) is 4.20. The number of aliphatic hydroxyl groups is 2. The molecule has 4 fully saturated rings. The van der Waals surface area contributed by atoms with Crippen LogP contribution < -0.4 is 5.73 Å². The number of fused-ring (bicyclic) bond motifs is 3. The molecule has 3 atom stereocenters. The third-order valence-electron chi connectivity index (χ3n) is 9.01. The molecule has 4 aliphatic rings. The zero-order chi connectivity index (χ0) is 24.6. The van der Waals surface area contributed by atoms with Gasteiger partial charge in [-0.2, -0.15) is 9.61 Å². The molecule has 2 aliphatic carbocycles. The number of hydrogen-bond acceptors (Lipinski definition) is 7. The number of carbonyl (C=O) groups excluding carboxylic acids is 1. The number of nitrogens with zero attached hydrogens (tertiary/aromatic N) is 5. The van der Waals surface area contributed by atoms with Crippen molar-refractivity contribution in [3.63, 3.8) is 0 Å². The minimum atomic E-state index is -0.791. The third-order valence-corrected chi connectivity index (χ3v) is 9.01. The van der Waals surface area contributed by atoms with E-state index in [2.05, 4.69) is 10.1 Å². The second kappa shape index (κ2) is 7.98. The second-order valence-electron chi connectivity index (χ2n) is 11.2. The normalized spacial score (nSPS) is 26.8. The molecule has 0 radical (unpaired) electrons. The van der Waals surface area contributed by atoms with E-state index < -0.39 is 12.2 Å². The summed E-state index contributed by atoms with van der Waals surface area (Å²) < 4.78 is 1.76. The van der Waals surface area contributed by atoms with E-state index in [1.165, 1.54) is 0 Å². The van der Waals surface area contributed by atoms with Crippen LogP contribution >= 0.6 is 0 Å². The van der Waals surface area contributed by atoms with Crippen molar-refractivity contribution in [2.24, 2.45) is 0 Å². The van der Waals surface area contributed by atoms with Gasteiger partial charge in [-0.05, 0) is 69.8 Å². The molecule has 9 nitrogen and oxygen atoms in total. The molecule has 4 N–H and O–H groups in total. The molecule has 2 bridgehead atoms. The number of carbonyl (C=O) groups is 1. The largest absolute Gasteiger partial charge is 0.387 e. The summed E-state index contributed by atoms with van der Waals surface area (Å²) in [5, 5.41) is 24.7. The molecule has 3 aromatic heterocycles. The van der Waals surface area contributed by atoms with Crippen LogP contribution in [0, 0.1) is 0 Å². The lowest BCUT2D eigenvalue weighted by Gasteiger charge is -2.39. The first-order valence-electron chi connectivity index (χ1n) is 13.2. The number of pyridine rings is 1. The number of nitrogen functional groups attached to an aromatic ring is 1. The molecule has 0 spiro atoms. The summed E-state index contributed by atoms with van der Waals surface area (Å²) in [5.74, 6) is 1.15. The van der Waals surface area contributed by atoms with Crippen molar-refractivity contribution in [2.75, 3.05) is 12.3 Å². The van der Waals surface area contributed by atoms with Gasteiger partial charge >= 0.3 is 0 Å². The van der Waals surface area contributed by atoms with Gasteiger partial charge in [0.1, 0.15) is 18.0 Å². The first-order chi connectivity index (χ1) is 17.5. The summed E-state index contributed by atoms with van der Waals surface area (Å²) in [6.45, 7) is -0.425. The summed E-state index contributed by atoms with van der Waals surface area (Å²) in [4.78, 5) is 24.1. The number of aromatic nitrogens is 4. The fourth-order valence-corrected chi connectivity index (χ4v) is 6.84. The van der Waals surface area contributed by atoms with E-state index >= 15 is 0 Å². The highest BCUT2D eigenvalue weighted by Gasteiger charge is 2.45. The van der Waals surface area contributed by atoms with E-state index in [1.54, 1.807) is 16.9 Å². The molecule has 2 saturated carbocycles. The summed E-state index contributed by atoms with van der Waals surface area (Å²) >= 11 is 0. The van der Waals surface area contributed by atoms with E-state index in [0.717, 1.165) is 91.5 Å². The lowest BCUT2D eigenvalue weighted by Crippen LogP contribution is -2.47. The van der Waals surface area contributed by atoms with Crippen LogP contribution in [0.4, 0.5) is 5.82 Å². The zero-order valence-electron chi connectivity index (χ0n) is 20.3. The van der Waals surface area contributed by atoms with E-state index in [1.807, 2.05) is 17.0 Å². The lowest BCUT2D eigenvalue weighted by atomic mass is 9.77. The van der Waals surface area contributed by atoms with Gasteiger partial charge in [0, 0.05) is 40.9 Å². The van der Waals surface area contributed by atoms with Crippen LogP contribution in [-0.4, -0.2) is 59.3 Å². The van der Waals surface area contributed by atoms with Crippen LogP contribution in [0.1, 0.15) is 86.6 Å². The molecular weight excluding hydrogens is 456 g/mol. The number of aliphatic hydroxyl groups excluding tert-OH is 1. The maximum absolute atomic E-state index is 12.4. The van der Waals surface area contributed by atoms with Gasteiger partial charge in [0.25, 0.3) is 0 Å². The Labute approximate surface area is 209 Å². The van der Waals surface area contributed by atoms with Gasteiger partial charge in [-0.1, -0.05) is 6.07 Å². The van der Waals surface area contributed by atoms with Crippen LogP contribution in [-0.2, 0) is 10.4 Å². The van der Waals surface area contributed by atoms with E-state index in [4.69, 9.17) is 10.7 Å². The number of hydrogen-bond donors (Lipinski definition) is 3. The first kappa shape index (κ1) is 22.2. The third kappa shape index (κ3) is 3.29. The maximum atomic E-state index is 12.4. The number of nitrogens with two attached hydrogens (primary N) is 1. The van der Waals surface area contributed by atoms with Crippen molar-refractivity contribution in [1.82, 2.24) is 24.5 Å². The summed E-state index contributed by atoms with van der Waals surface area (Å²) in [7, 11) is 0. The Morgan fingerprint density at radius 2 is 1.83 bits per heavy atom. The van der Waals surface area contributed by atoms with Gasteiger partial charge in [0.2, 0.25) is 5.91 Å². The van der Waals surface area contributed by atoms with Gasteiger partial charge < -0.3 is 20.8 Å². The highest BCUT2D eigenvalue weighted by Crippen LogP contribution is 2.50. The lowest BCUT2D eigenvalue weighted by molar-refractivity contribution is -0.138. The quantitative estimate of drug-likeness (QED) is 0.503. The Kier molecular flexibility index (Phi) is 4.92. The van der Waals surface area contributed by atoms with Gasteiger partial charge in [-0.3, -0.25) is 9.78 Å². The average molecular weight is 489 g/mol. The smallest absolute Gasteiger partial charge is 0.248 e. The molecule has 0 aromatic carbocycles. The molecule has 188 valence electrons. The fraction of sp³-hybridized carbons (Fsp3) is 0.556. The molecule has 9 heteroatoms. The maximum Gasteiger partial charge on any atom is 0.248 e. The highest BCUT2D eigenvalue weighted by molar-refractivity contribution is 5.79. The Morgan fingerprint density at radius 1 is 1.08 bits per heavy atom. The summed E-state index contributed by atoms with van der Waals surface area (Å²) in [5.41, 5.74) is 11.4. The fourth-order valence-electron chi connectivity index (χ4n) is 6.84. The second-order valence-corrected chi connectivity index (χ2v) is 11.2. The monoisotopic (exact) mass is 488 g/mol. The van der Waals surface area contributed by atoms with Crippen LogP contribution in [0.15, 0.2) is 24.5 Å². The Morgan fingerprint density at radius 3 is 2.42 bits per heavy atom. The standard InChI is InChI=1S/C27H32N6O3/c28-25-23(15-2-3-15)24(17-10-18-5-6-19(11-17)32(18)22(35)14-34)31-26-20(13-30-33(25)26)16-4-7-21(29-12-16)27(36)8-1-9-27/h4,7,12-13,15,17-19,34,36H,1-3,5-6,8-11,14,28H2/t17-,18+,19-. The predicted octanol–water partition coefficient (Wildman–Crippen LogP) is 2.85. The van der Waals surface area contributed by atoms with Crippen LogP contribution in [0.5, 0.6) is 0 Å². The summed E-state index contributed by atoms with van der Waals surface area (Å²) in [6.07, 6.45) is 12.0. The van der Waals surface area contributed by atoms with Crippen LogP contribution in [0.25, 0.3) is 16.8 Å². The topological polar surface area (TPSA) is 130 Å². The van der Waals surface area contributed by atoms with Crippen LogP contribution in [0.2, 0.25) is 0 Å². The number of piperidine rings is 1. The van der Waals surface area contributed by atoms with E-state index in [9.17, 15) is 15.0 Å². The van der Waals surface area contributed by atoms with Gasteiger partial charge in [-0.25, -0.2) is 4.98 Å². The van der Waals surface area contributed by atoms with Crippen molar-refractivity contribution < 1.29 is 15.0 Å². The molecule has 2 aliphatic heterocycles. The van der Waals surface area contributed by atoms with Gasteiger partial charge in [0.15, 0.2) is 5.65 Å². The molecule has 3 aromatic rings. The van der Waals surface area contributed by atoms with Crippen LogP contribution in [0.3, 0.4) is 0 Å². The van der Waals surface area contributed by atoms with E-state index in [0.29, 0.717) is 11.7 Å². The highest BCUT2D eigenvalue weighted by atomic mass is 16.3. The number of anilines is 1. The molecule has 5 heterocycles. The first-order valence-corrected chi connectivity index (χ1v) is 13.2. The van der Waals surface area contributed by atoms with Crippen molar-refractivity contribution >= 4 is 17.4 Å². The molecule has 2 saturated heterocycles. The van der Waals surface area contributed by atoms with Gasteiger partial charge in [0.05, 0.1) is 17.6 Å². The molecule has 7 rings (SSSR count). The average Bonchev–Trinajstić information content (AvgIpc) is 3.56. The van der Waals surface area contributed by atoms with Crippen molar-refractivity contribution in [3.05, 3.63) is 41.5 Å². The minimum absolute atomic E-state index is 0.151. The molecule has 1 amide bonds. The van der Waals surface area contributed by atoms with E-state index in [-0.39, 0.29) is 23.9 Å². The Balaban J connectivity index is 1.28. The Hall–Kier alpha value is -3.04. The Bertz CT molecular complexity index is 1330. The zero-order valence-corrected chi connectivity index (χ0v) is 20.3. The molecular formula is C27H32N6O3.